The lowest BCUT2D eigenvalue weighted by atomic mass is 10.1. The molecule has 0 amide bonds. The number of Topliss-reactive ketones (excluding diaryl/α,β-unsaturated/α-hetero) is 1. The number of halogens is 1. The van der Waals surface area contributed by atoms with Crippen molar-refractivity contribution in [2.24, 2.45) is 0 Å². The zero-order chi connectivity index (χ0) is 9.30. The van der Waals surface area contributed by atoms with E-state index in [1.54, 1.807) is 13.0 Å². The maximum atomic E-state index is 11.0. The van der Waals surface area contributed by atoms with Crippen LogP contribution in [0.25, 0.3) is 0 Å². The van der Waals surface area contributed by atoms with Gasteiger partial charge in [0.15, 0.2) is 5.78 Å². The number of phenols is 1. The van der Waals surface area contributed by atoms with Gasteiger partial charge in [-0.15, -0.1) is 0 Å². The molecule has 0 radical (unpaired) electrons. The highest BCUT2D eigenvalue weighted by Gasteiger charge is 2.08. The van der Waals surface area contributed by atoms with Gasteiger partial charge in [-0.2, -0.15) is 0 Å². The standard InChI is InChI=1S/C9H9ClO2/c1-5-8(6(2)11)3-7(10)4-9(5)12/h3-4,12H,1-2H3. The Kier molecular flexibility index (Phi) is 2.38. The molecule has 0 aliphatic rings. The van der Waals surface area contributed by atoms with E-state index in [1.807, 2.05) is 0 Å². The minimum absolute atomic E-state index is 0.0627. The van der Waals surface area contributed by atoms with E-state index in [0.29, 0.717) is 16.1 Å². The number of aromatic hydroxyl groups is 1. The summed E-state index contributed by atoms with van der Waals surface area (Å²) in [5.74, 6) is -0.0296. The molecular formula is C9H9ClO2. The van der Waals surface area contributed by atoms with E-state index in [2.05, 4.69) is 0 Å². The van der Waals surface area contributed by atoms with Gasteiger partial charge >= 0.3 is 0 Å². The molecule has 0 heterocycles. The van der Waals surface area contributed by atoms with Crippen LogP contribution in [-0.4, -0.2) is 10.9 Å². The van der Waals surface area contributed by atoms with Gasteiger partial charge in [0.05, 0.1) is 0 Å². The van der Waals surface area contributed by atoms with Crippen molar-refractivity contribution in [1.29, 1.82) is 0 Å². The molecule has 0 atom stereocenters. The van der Waals surface area contributed by atoms with E-state index in [-0.39, 0.29) is 11.5 Å². The number of rotatable bonds is 1. The summed E-state index contributed by atoms with van der Waals surface area (Å²) in [6, 6.07) is 2.97. The van der Waals surface area contributed by atoms with Crippen LogP contribution in [0.1, 0.15) is 22.8 Å². The molecule has 1 aromatic carbocycles. The monoisotopic (exact) mass is 184 g/mol. The molecule has 3 heteroatoms. The van der Waals surface area contributed by atoms with Crippen LogP contribution in [0.3, 0.4) is 0 Å². The molecule has 0 aromatic heterocycles. The predicted molar refractivity (Wildman–Crippen MR) is 47.9 cm³/mol. The van der Waals surface area contributed by atoms with E-state index in [4.69, 9.17) is 11.6 Å². The molecule has 12 heavy (non-hydrogen) atoms. The topological polar surface area (TPSA) is 37.3 Å². The third-order valence-electron chi connectivity index (χ3n) is 1.72. The summed E-state index contributed by atoms with van der Waals surface area (Å²) < 4.78 is 0. The number of benzene rings is 1. The molecule has 1 N–H and O–H groups in total. The zero-order valence-corrected chi connectivity index (χ0v) is 7.64. The van der Waals surface area contributed by atoms with Crippen molar-refractivity contribution >= 4 is 17.4 Å². The lowest BCUT2D eigenvalue weighted by Gasteiger charge is -2.04. The second kappa shape index (κ2) is 3.15. The highest BCUT2D eigenvalue weighted by Crippen LogP contribution is 2.25. The third-order valence-corrected chi connectivity index (χ3v) is 1.94. The second-order valence-electron chi connectivity index (χ2n) is 2.65. The van der Waals surface area contributed by atoms with Crippen molar-refractivity contribution in [3.05, 3.63) is 28.3 Å². The Morgan fingerprint density at radius 2 is 2.08 bits per heavy atom. The number of phenolic OH excluding ortho intramolecular Hbond substituents is 1. The molecule has 0 bridgehead atoms. The summed E-state index contributed by atoms with van der Waals surface area (Å²) in [4.78, 5) is 11.0. The van der Waals surface area contributed by atoms with Crippen LogP contribution in [0.5, 0.6) is 5.75 Å². The average molecular weight is 185 g/mol. The largest absolute Gasteiger partial charge is 0.508 e. The molecule has 0 spiro atoms. The third kappa shape index (κ3) is 1.59. The van der Waals surface area contributed by atoms with E-state index < -0.39 is 0 Å². The van der Waals surface area contributed by atoms with Gasteiger partial charge in [-0.25, -0.2) is 0 Å². The zero-order valence-electron chi connectivity index (χ0n) is 6.89. The number of hydrogen-bond acceptors (Lipinski definition) is 2. The van der Waals surface area contributed by atoms with Crippen molar-refractivity contribution in [1.82, 2.24) is 0 Å². The summed E-state index contributed by atoms with van der Waals surface area (Å²) >= 11 is 5.65. The molecule has 64 valence electrons. The lowest BCUT2D eigenvalue weighted by Crippen LogP contribution is -1.95. The minimum atomic E-state index is -0.0923. The average Bonchev–Trinajstić information content (AvgIpc) is 1.96. The van der Waals surface area contributed by atoms with Crippen LogP contribution in [-0.2, 0) is 0 Å². The number of carbonyl (C=O) groups excluding carboxylic acids is 1. The van der Waals surface area contributed by atoms with Gasteiger partial charge in [-0.05, 0) is 26.0 Å². The maximum absolute atomic E-state index is 11.0. The first-order valence-electron chi connectivity index (χ1n) is 3.52. The van der Waals surface area contributed by atoms with E-state index in [0.717, 1.165) is 0 Å². The van der Waals surface area contributed by atoms with Crippen molar-refractivity contribution in [2.45, 2.75) is 13.8 Å². The van der Waals surface area contributed by atoms with Crippen molar-refractivity contribution in [3.8, 4) is 5.75 Å². The lowest BCUT2D eigenvalue weighted by molar-refractivity contribution is 0.101. The first kappa shape index (κ1) is 9.07. The molecular weight excluding hydrogens is 176 g/mol. The molecule has 0 aliphatic carbocycles. The van der Waals surface area contributed by atoms with Crippen molar-refractivity contribution < 1.29 is 9.90 Å². The van der Waals surface area contributed by atoms with Crippen LogP contribution < -0.4 is 0 Å². The Hall–Kier alpha value is -1.02. The number of hydrogen-bond donors (Lipinski definition) is 1. The molecule has 1 aromatic rings. The minimum Gasteiger partial charge on any atom is -0.508 e. The SMILES string of the molecule is CC(=O)c1cc(Cl)cc(O)c1C. The molecule has 2 nitrogen and oxygen atoms in total. The van der Waals surface area contributed by atoms with Crippen molar-refractivity contribution in [3.63, 3.8) is 0 Å². The van der Waals surface area contributed by atoms with Gasteiger partial charge in [0.1, 0.15) is 5.75 Å². The molecule has 0 unspecified atom stereocenters. The second-order valence-corrected chi connectivity index (χ2v) is 3.09. The van der Waals surface area contributed by atoms with Crippen molar-refractivity contribution in [2.75, 3.05) is 0 Å². The maximum Gasteiger partial charge on any atom is 0.160 e. The van der Waals surface area contributed by atoms with Crippen LogP contribution in [0, 0.1) is 6.92 Å². The Bertz CT molecular complexity index is 332. The van der Waals surface area contributed by atoms with Crippen LogP contribution >= 0.6 is 11.6 Å². The van der Waals surface area contributed by atoms with Gasteiger partial charge in [-0.3, -0.25) is 4.79 Å². The highest BCUT2D eigenvalue weighted by molar-refractivity contribution is 6.31. The van der Waals surface area contributed by atoms with Gasteiger partial charge < -0.3 is 5.11 Å². The first-order valence-corrected chi connectivity index (χ1v) is 3.90. The first-order chi connectivity index (χ1) is 5.52. The van der Waals surface area contributed by atoms with Crippen LogP contribution in [0.15, 0.2) is 12.1 Å². The smallest absolute Gasteiger partial charge is 0.160 e. The van der Waals surface area contributed by atoms with Gasteiger partial charge in [0, 0.05) is 16.1 Å². The highest BCUT2D eigenvalue weighted by atomic mass is 35.5. The van der Waals surface area contributed by atoms with E-state index in [1.165, 1.54) is 13.0 Å². The van der Waals surface area contributed by atoms with Gasteiger partial charge in [0.25, 0.3) is 0 Å². The normalized spacial score (nSPS) is 9.92. The summed E-state index contributed by atoms with van der Waals surface area (Å²) in [6.45, 7) is 3.13. The fourth-order valence-electron chi connectivity index (χ4n) is 1.03. The van der Waals surface area contributed by atoms with E-state index in [9.17, 15) is 9.90 Å². The summed E-state index contributed by atoms with van der Waals surface area (Å²) in [6.07, 6.45) is 0. The fraction of sp³-hybridized carbons (Fsp3) is 0.222. The fourth-order valence-corrected chi connectivity index (χ4v) is 1.24. The quantitative estimate of drug-likeness (QED) is 0.682. The Morgan fingerprint density at radius 3 is 2.58 bits per heavy atom. The Balaban J connectivity index is 3.37. The number of carbonyl (C=O) groups is 1. The van der Waals surface area contributed by atoms with Gasteiger partial charge in [0.2, 0.25) is 0 Å². The van der Waals surface area contributed by atoms with E-state index >= 15 is 0 Å². The summed E-state index contributed by atoms with van der Waals surface area (Å²) in [5.41, 5.74) is 1.05. The molecule has 0 saturated heterocycles. The Labute approximate surface area is 75.8 Å². The number of ketones is 1. The molecule has 0 fully saturated rings. The summed E-state index contributed by atoms with van der Waals surface area (Å²) in [7, 11) is 0. The molecule has 1 rings (SSSR count). The van der Waals surface area contributed by atoms with Crippen LogP contribution in [0.4, 0.5) is 0 Å². The Morgan fingerprint density at radius 1 is 1.50 bits per heavy atom. The molecule has 0 saturated carbocycles. The van der Waals surface area contributed by atoms with Gasteiger partial charge in [-0.1, -0.05) is 11.6 Å². The predicted octanol–water partition coefficient (Wildman–Crippen LogP) is 2.56. The van der Waals surface area contributed by atoms with Crippen LogP contribution in [0.2, 0.25) is 5.02 Å². The summed E-state index contributed by atoms with van der Waals surface area (Å²) in [5, 5.41) is 9.67. The molecule has 0 aliphatic heterocycles.